The van der Waals surface area contributed by atoms with E-state index in [0.717, 1.165) is 22.6 Å². The van der Waals surface area contributed by atoms with E-state index in [1.54, 1.807) is 0 Å². The van der Waals surface area contributed by atoms with E-state index in [9.17, 15) is 9.59 Å². The van der Waals surface area contributed by atoms with Crippen molar-refractivity contribution in [1.29, 1.82) is 0 Å². The highest BCUT2D eigenvalue weighted by molar-refractivity contribution is 5.81. The second-order valence-electron chi connectivity index (χ2n) is 6.78. The van der Waals surface area contributed by atoms with Crippen LogP contribution in [0.5, 0.6) is 0 Å². The maximum absolute atomic E-state index is 12.6. The van der Waals surface area contributed by atoms with Crippen LogP contribution in [0.3, 0.4) is 0 Å². The van der Waals surface area contributed by atoms with E-state index in [4.69, 9.17) is 9.84 Å². The number of ether oxygens (including phenoxy) is 1. The number of hydrogen-bond donors (Lipinski definition) is 2. The molecule has 0 saturated carbocycles. The molecule has 1 aromatic heterocycles. The summed E-state index contributed by atoms with van der Waals surface area (Å²) in [4.78, 5) is 23.8. The van der Waals surface area contributed by atoms with Gasteiger partial charge >= 0.3 is 5.97 Å². The van der Waals surface area contributed by atoms with Crippen LogP contribution in [0, 0.1) is 13.8 Å². The monoisotopic (exact) mass is 357 g/mol. The van der Waals surface area contributed by atoms with Gasteiger partial charge in [-0.15, -0.1) is 0 Å². The molecule has 26 heavy (non-hydrogen) atoms. The molecule has 0 spiro atoms. The standard InChI is InChI=1S/C19H23N3O4/c1-13-16(14(2)22(21-13)15-6-4-3-5-7-15)10-17(23)20-19(11-18(24)25)8-9-26-12-19/h3-7H,8-12H2,1-2H3,(H,20,23)(H,24,25). The molecule has 1 aliphatic rings. The summed E-state index contributed by atoms with van der Waals surface area (Å²) in [6, 6.07) is 9.74. The van der Waals surface area contributed by atoms with E-state index in [-0.39, 0.29) is 25.4 Å². The van der Waals surface area contributed by atoms with Crippen LogP contribution in [0.4, 0.5) is 0 Å². The molecule has 138 valence electrons. The van der Waals surface area contributed by atoms with Crippen molar-refractivity contribution in [2.24, 2.45) is 0 Å². The average molecular weight is 357 g/mol. The van der Waals surface area contributed by atoms with Crippen molar-refractivity contribution in [3.05, 3.63) is 47.3 Å². The minimum Gasteiger partial charge on any atom is -0.481 e. The van der Waals surface area contributed by atoms with Gasteiger partial charge < -0.3 is 15.2 Å². The molecule has 1 amide bonds. The van der Waals surface area contributed by atoms with Crippen molar-refractivity contribution in [3.8, 4) is 5.69 Å². The van der Waals surface area contributed by atoms with Gasteiger partial charge in [-0.25, -0.2) is 4.68 Å². The Bertz CT molecular complexity index is 808. The number of aliphatic carboxylic acids is 1. The lowest BCUT2D eigenvalue weighted by Gasteiger charge is -2.27. The van der Waals surface area contributed by atoms with Gasteiger partial charge in [0.25, 0.3) is 0 Å². The summed E-state index contributed by atoms with van der Waals surface area (Å²) in [5, 5.41) is 16.6. The topological polar surface area (TPSA) is 93.5 Å². The maximum atomic E-state index is 12.6. The van der Waals surface area contributed by atoms with Gasteiger partial charge in [-0.3, -0.25) is 9.59 Å². The highest BCUT2D eigenvalue weighted by atomic mass is 16.5. The molecule has 0 radical (unpaired) electrons. The molecular weight excluding hydrogens is 334 g/mol. The summed E-state index contributed by atoms with van der Waals surface area (Å²) in [7, 11) is 0. The zero-order chi connectivity index (χ0) is 18.7. The van der Waals surface area contributed by atoms with Gasteiger partial charge in [0, 0.05) is 17.9 Å². The number of aromatic nitrogens is 2. The van der Waals surface area contributed by atoms with Crippen molar-refractivity contribution in [3.63, 3.8) is 0 Å². The number of carboxylic acid groups (broad SMARTS) is 1. The van der Waals surface area contributed by atoms with E-state index in [1.807, 2.05) is 48.9 Å². The van der Waals surface area contributed by atoms with Crippen LogP contribution in [0.25, 0.3) is 5.69 Å². The van der Waals surface area contributed by atoms with E-state index >= 15 is 0 Å². The molecule has 1 fully saturated rings. The molecule has 1 aromatic carbocycles. The molecule has 3 rings (SSSR count). The number of carbonyl (C=O) groups is 2. The van der Waals surface area contributed by atoms with Crippen molar-refractivity contribution in [2.75, 3.05) is 13.2 Å². The fourth-order valence-corrected chi connectivity index (χ4v) is 3.43. The summed E-state index contributed by atoms with van der Waals surface area (Å²) < 4.78 is 7.15. The SMILES string of the molecule is Cc1nn(-c2ccccc2)c(C)c1CC(=O)NC1(CC(=O)O)CCOC1. The normalized spacial score (nSPS) is 19.5. The van der Waals surface area contributed by atoms with Crippen LogP contribution < -0.4 is 5.32 Å². The first-order valence-corrected chi connectivity index (χ1v) is 8.61. The number of carbonyl (C=O) groups excluding carboxylic acids is 1. The third kappa shape index (κ3) is 3.77. The fraction of sp³-hybridized carbons (Fsp3) is 0.421. The van der Waals surface area contributed by atoms with Gasteiger partial charge in [-0.05, 0) is 32.4 Å². The highest BCUT2D eigenvalue weighted by Crippen LogP contribution is 2.24. The third-order valence-corrected chi connectivity index (χ3v) is 4.78. The molecule has 1 aliphatic heterocycles. The lowest BCUT2D eigenvalue weighted by atomic mass is 9.93. The number of aryl methyl sites for hydroxylation is 1. The van der Waals surface area contributed by atoms with E-state index in [1.165, 1.54) is 0 Å². The smallest absolute Gasteiger partial charge is 0.305 e. The molecule has 7 nitrogen and oxygen atoms in total. The third-order valence-electron chi connectivity index (χ3n) is 4.78. The number of carboxylic acids is 1. The summed E-state index contributed by atoms with van der Waals surface area (Å²) in [6.45, 7) is 4.49. The molecule has 1 atom stereocenters. The van der Waals surface area contributed by atoms with Crippen molar-refractivity contribution >= 4 is 11.9 Å². The lowest BCUT2D eigenvalue weighted by Crippen LogP contribution is -2.51. The molecule has 2 aromatic rings. The quantitative estimate of drug-likeness (QED) is 0.822. The minimum atomic E-state index is -0.944. The zero-order valence-corrected chi connectivity index (χ0v) is 15.0. The first kappa shape index (κ1) is 18.1. The number of nitrogens with one attached hydrogen (secondary N) is 1. The number of benzene rings is 1. The average Bonchev–Trinajstić information content (AvgIpc) is 3.14. The van der Waals surface area contributed by atoms with Crippen molar-refractivity contribution < 1.29 is 19.4 Å². The number of amides is 1. The molecule has 1 unspecified atom stereocenters. The van der Waals surface area contributed by atoms with Gasteiger partial charge in [0.15, 0.2) is 0 Å². The second kappa shape index (κ2) is 7.29. The Morgan fingerprint density at radius 1 is 1.31 bits per heavy atom. The van der Waals surface area contributed by atoms with Crippen LogP contribution in [-0.4, -0.2) is 45.5 Å². The van der Waals surface area contributed by atoms with Crippen molar-refractivity contribution in [2.45, 2.75) is 38.6 Å². The number of hydrogen-bond acceptors (Lipinski definition) is 4. The molecule has 0 bridgehead atoms. The van der Waals surface area contributed by atoms with E-state index in [0.29, 0.717) is 13.0 Å². The number of para-hydroxylation sites is 1. The maximum Gasteiger partial charge on any atom is 0.305 e. The molecule has 7 heteroatoms. The molecule has 2 heterocycles. The molecule has 1 saturated heterocycles. The van der Waals surface area contributed by atoms with Crippen molar-refractivity contribution in [1.82, 2.24) is 15.1 Å². The van der Waals surface area contributed by atoms with Gasteiger partial charge in [-0.2, -0.15) is 5.10 Å². The highest BCUT2D eigenvalue weighted by Gasteiger charge is 2.38. The lowest BCUT2D eigenvalue weighted by molar-refractivity contribution is -0.139. The van der Waals surface area contributed by atoms with E-state index < -0.39 is 11.5 Å². The van der Waals surface area contributed by atoms with Crippen LogP contribution in [0.15, 0.2) is 30.3 Å². The molecule has 2 N–H and O–H groups in total. The Morgan fingerprint density at radius 2 is 2.04 bits per heavy atom. The number of rotatable bonds is 6. The summed E-state index contributed by atoms with van der Waals surface area (Å²) in [5.74, 6) is -1.16. The summed E-state index contributed by atoms with van der Waals surface area (Å²) in [5.41, 5.74) is 2.66. The Labute approximate surface area is 152 Å². The summed E-state index contributed by atoms with van der Waals surface area (Å²) in [6.07, 6.45) is 0.526. The van der Waals surface area contributed by atoms with Gasteiger partial charge in [0.1, 0.15) is 0 Å². The first-order valence-electron chi connectivity index (χ1n) is 8.61. The molecule has 0 aliphatic carbocycles. The van der Waals surface area contributed by atoms with Crippen LogP contribution >= 0.6 is 0 Å². The summed E-state index contributed by atoms with van der Waals surface area (Å²) >= 11 is 0. The van der Waals surface area contributed by atoms with Gasteiger partial charge in [0.05, 0.1) is 36.4 Å². The van der Waals surface area contributed by atoms with Crippen LogP contribution in [0.2, 0.25) is 0 Å². The van der Waals surface area contributed by atoms with Gasteiger partial charge in [-0.1, -0.05) is 18.2 Å². The van der Waals surface area contributed by atoms with E-state index in [2.05, 4.69) is 10.4 Å². The predicted octanol–water partition coefficient (Wildman–Crippen LogP) is 1.78. The number of nitrogens with zero attached hydrogens (tertiary/aromatic N) is 2. The Hall–Kier alpha value is -2.67. The largest absolute Gasteiger partial charge is 0.481 e. The predicted molar refractivity (Wildman–Crippen MR) is 95.3 cm³/mol. The Morgan fingerprint density at radius 3 is 2.65 bits per heavy atom. The minimum absolute atomic E-state index is 0.139. The fourth-order valence-electron chi connectivity index (χ4n) is 3.43. The second-order valence-corrected chi connectivity index (χ2v) is 6.78. The van der Waals surface area contributed by atoms with Crippen LogP contribution in [-0.2, 0) is 20.7 Å². The zero-order valence-electron chi connectivity index (χ0n) is 15.0. The molecular formula is C19H23N3O4. The first-order chi connectivity index (χ1) is 12.4. The Balaban J connectivity index is 1.77. The van der Waals surface area contributed by atoms with Crippen LogP contribution in [0.1, 0.15) is 29.8 Å². The van der Waals surface area contributed by atoms with Gasteiger partial charge in [0.2, 0.25) is 5.91 Å². The Kier molecular flexibility index (Phi) is 5.08.